The fourth-order valence-electron chi connectivity index (χ4n) is 2.22. The number of hydrogen-bond acceptors (Lipinski definition) is 2. The minimum Gasteiger partial charge on any atom is -0.331 e. The van der Waals surface area contributed by atoms with Crippen LogP contribution in [0.2, 0.25) is 0 Å². The van der Waals surface area contributed by atoms with Crippen molar-refractivity contribution in [3.05, 3.63) is 40.8 Å². The standard InChI is InChI=1S/C15H21N3/c1-10-6-7-13(8-11(10)2)15-14(9-16-4)17-12(3)18(15)5/h6-8,16H,9H2,1-5H3. The lowest BCUT2D eigenvalue weighted by Gasteiger charge is -2.09. The van der Waals surface area contributed by atoms with Crippen molar-refractivity contribution in [3.63, 3.8) is 0 Å². The van der Waals surface area contributed by atoms with E-state index in [1.54, 1.807) is 0 Å². The predicted molar refractivity (Wildman–Crippen MR) is 75.6 cm³/mol. The predicted octanol–water partition coefficient (Wildman–Crippen LogP) is 2.73. The summed E-state index contributed by atoms with van der Waals surface area (Å²) in [4.78, 5) is 4.63. The zero-order chi connectivity index (χ0) is 13.3. The van der Waals surface area contributed by atoms with E-state index in [-0.39, 0.29) is 0 Å². The molecule has 0 unspecified atom stereocenters. The Hall–Kier alpha value is -1.61. The molecular formula is C15H21N3. The summed E-state index contributed by atoms with van der Waals surface area (Å²) in [5.74, 6) is 1.05. The topological polar surface area (TPSA) is 29.9 Å². The van der Waals surface area contributed by atoms with Crippen LogP contribution < -0.4 is 5.32 Å². The number of nitrogens with one attached hydrogen (secondary N) is 1. The lowest BCUT2D eigenvalue weighted by molar-refractivity contribution is 0.796. The normalized spacial score (nSPS) is 10.9. The molecule has 1 heterocycles. The average molecular weight is 243 g/mol. The molecule has 96 valence electrons. The van der Waals surface area contributed by atoms with Crippen LogP contribution >= 0.6 is 0 Å². The Morgan fingerprint density at radius 3 is 2.50 bits per heavy atom. The maximum Gasteiger partial charge on any atom is 0.106 e. The van der Waals surface area contributed by atoms with Gasteiger partial charge in [0.05, 0.1) is 11.4 Å². The van der Waals surface area contributed by atoms with Crippen LogP contribution in [0.4, 0.5) is 0 Å². The molecule has 1 aromatic carbocycles. The van der Waals surface area contributed by atoms with Crippen LogP contribution in [-0.2, 0) is 13.6 Å². The van der Waals surface area contributed by atoms with Crippen LogP contribution in [0.15, 0.2) is 18.2 Å². The van der Waals surface area contributed by atoms with Crippen molar-refractivity contribution in [1.82, 2.24) is 14.9 Å². The molecule has 0 saturated carbocycles. The molecule has 0 bridgehead atoms. The maximum atomic E-state index is 4.63. The van der Waals surface area contributed by atoms with Crippen LogP contribution in [-0.4, -0.2) is 16.6 Å². The summed E-state index contributed by atoms with van der Waals surface area (Å²) in [6, 6.07) is 6.60. The van der Waals surface area contributed by atoms with E-state index < -0.39 is 0 Å². The first-order chi connectivity index (χ1) is 8.54. The number of rotatable bonds is 3. The molecule has 0 fully saturated rings. The molecule has 0 spiro atoms. The van der Waals surface area contributed by atoms with Gasteiger partial charge < -0.3 is 9.88 Å². The second-order valence-electron chi connectivity index (χ2n) is 4.84. The quantitative estimate of drug-likeness (QED) is 0.898. The Labute approximate surface area is 109 Å². The lowest BCUT2D eigenvalue weighted by atomic mass is 10.0. The van der Waals surface area contributed by atoms with Gasteiger partial charge in [-0.2, -0.15) is 0 Å². The molecule has 0 amide bonds. The van der Waals surface area contributed by atoms with Crippen LogP contribution in [0.5, 0.6) is 0 Å². The van der Waals surface area contributed by atoms with E-state index in [0.29, 0.717) is 0 Å². The first-order valence-corrected chi connectivity index (χ1v) is 6.29. The van der Waals surface area contributed by atoms with Crippen LogP contribution in [0.3, 0.4) is 0 Å². The van der Waals surface area contributed by atoms with Gasteiger partial charge in [-0.05, 0) is 45.0 Å². The summed E-state index contributed by atoms with van der Waals surface area (Å²) in [6.45, 7) is 7.13. The second-order valence-corrected chi connectivity index (χ2v) is 4.84. The molecule has 2 rings (SSSR count). The van der Waals surface area contributed by atoms with Crippen LogP contribution in [0.25, 0.3) is 11.3 Å². The Morgan fingerprint density at radius 1 is 1.17 bits per heavy atom. The molecule has 0 atom stereocenters. The van der Waals surface area contributed by atoms with Crippen molar-refractivity contribution in [1.29, 1.82) is 0 Å². The SMILES string of the molecule is CNCc1nc(C)n(C)c1-c1ccc(C)c(C)c1. The number of imidazole rings is 1. The molecule has 0 radical (unpaired) electrons. The highest BCUT2D eigenvalue weighted by atomic mass is 15.1. The van der Waals surface area contributed by atoms with Gasteiger partial charge in [0, 0.05) is 19.2 Å². The first kappa shape index (κ1) is 12.8. The van der Waals surface area contributed by atoms with Gasteiger partial charge >= 0.3 is 0 Å². The van der Waals surface area contributed by atoms with Gasteiger partial charge in [0.2, 0.25) is 0 Å². The Bertz CT molecular complexity index is 567. The highest BCUT2D eigenvalue weighted by Crippen LogP contribution is 2.26. The van der Waals surface area contributed by atoms with E-state index in [1.165, 1.54) is 22.4 Å². The van der Waals surface area contributed by atoms with Crippen molar-refractivity contribution in [2.24, 2.45) is 7.05 Å². The van der Waals surface area contributed by atoms with Gasteiger partial charge in [-0.1, -0.05) is 12.1 Å². The molecule has 1 aromatic heterocycles. The summed E-state index contributed by atoms with van der Waals surface area (Å²) < 4.78 is 2.16. The molecular weight excluding hydrogens is 222 g/mol. The highest BCUT2D eigenvalue weighted by Gasteiger charge is 2.13. The summed E-state index contributed by atoms with van der Waals surface area (Å²) in [7, 11) is 4.03. The van der Waals surface area contributed by atoms with E-state index in [4.69, 9.17) is 0 Å². The lowest BCUT2D eigenvalue weighted by Crippen LogP contribution is -2.07. The molecule has 1 N–H and O–H groups in total. The Kier molecular flexibility index (Phi) is 3.53. The van der Waals surface area contributed by atoms with Gasteiger partial charge in [-0.15, -0.1) is 0 Å². The molecule has 0 aliphatic rings. The third-order valence-corrected chi connectivity index (χ3v) is 3.52. The van der Waals surface area contributed by atoms with Crippen molar-refractivity contribution in [3.8, 4) is 11.3 Å². The number of benzene rings is 1. The summed E-state index contributed by atoms with van der Waals surface area (Å²) >= 11 is 0. The number of nitrogens with zero attached hydrogens (tertiary/aromatic N) is 2. The fourth-order valence-corrected chi connectivity index (χ4v) is 2.22. The molecule has 0 aliphatic heterocycles. The second kappa shape index (κ2) is 4.94. The van der Waals surface area contributed by atoms with Gasteiger partial charge in [-0.25, -0.2) is 4.98 Å². The monoisotopic (exact) mass is 243 g/mol. The van der Waals surface area contributed by atoms with Gasteiger partial charge in [0.1, 0.15) is 5.82 Å². The van der Waals surface area contributed by atoms with Crippen molar-refractivity contribution in [2.75, 3.05) is 7.05 Å². The molecule has 0 aliphatic carbocycles. The maximum absolute atomic E-state index is 4.63. The highest BCUT2D eigenvalue weighted by molar-refractivity contribution is 5.64. The largest absolute Gasteiger partial charge is 0.331 e. The zero-order valence-corrected chi connectivity index (χ0v) is 11.8. The van der Waals surface area contributed by atoms with E-state index >= 15 is 0 Å². The van der Waals surface area contributed by atoms with Crippen LogP contribution in [0.1, 0.15) is 22.6 Å². The van der Waals surface area contributed by atoms with Gasteiger partial charge in [-0.3, -0.25) is 0 Å². The molecule has 2 aromatic rings. The van der Waals surface area contributed by atoms with Crippen molar-refractivity contribution in [2.45, 2.75) is 27.3 Å². The van der Waals surface area contributed by atoms with E-state index in [1.807, 2.05) is 14.0 Å². The molecule has 3 heteroatoms. The summed E-state index contributed by atoms with van der Waals surface area (Å²) in [6.07, 6.45) is 0. The number of hydrogen-bond donors (Lipinski definition) is 1. The van der Waals surface area contributed by atoms with Gasteiger partial charge in [0.25, 0.3) is 0 Å². The Balaban J connectivity index is 2.58. The average Bonchev–Trinajstić information content (AvgIpc) is 2.60. The molecule has 3 nitrogen and oxygen atoms in total. The fraction of sp³-hybridized carbons (Fsp3) is 0.400. The van der Waals surface area contributed by atoms with E-state index in [2.05, 4.69) is 54.0 Å². The van der Waals surface area contributed by atoms with E-state index in [9.17, 15) is 0 Å². The van der Waals surface area contributed by atoms with Crippen molar-refractivity contribution >= 4 is 0 Å². The van der Waals surface area contributed by atoms with Crippen molar-refractivity contribution < 1.29 is 0 Å². The molecule has 18 heavy (non-hydrogen) atoms. The minimum atomic E-state index is 0.796. The smallest absolute Gasteiger partial charge is 0.106 e. The summed E-state index contributed by atoms with van der Waals surface area (Å²) in [5.41, 5.74) is 6.21. The third kappa shape index (κ3) is 2.18. The molecule has 0 saturated heterocycles. The summed E-state index contributed by atoms with van der Waals surface area (Å²) in [5, 5.41) is 3.18. The number of aromatic nitrogens is 2. The van der Waals surface area contributed by atoms with E-state index in [0.717, 1.165) is 18.1 Å². The minimum absolute atomic E-state index is 0.796. The van der Waals surface area contributed by atoms with Gasteiger partial charge in [0.15, 0.2) is 0 Å². The number of aryl methyl sites for hydroxylation is 3. The Morgan fingerprint density at radius 2 is 1.89 bits per heavy atom. The third-order valence-electron chi connectivity index (χ3n) is 3.52. The van der Waals surface area contributed by atoms with Crippen LogP contribution in [0, 0.1) is 20.8 Å². The zero-order valence-electron chi connectivity index (χ0n) is 11.8. The first-order valence-electron chi connectivity index (χ1n) is 6.29.